The third-order valence-corrected chi connectivity index (χ3v) is 2.94. The molecule has 0 saturated heterocycles. The van der Waals surface area contributed by atoms with Gasteiger partial charge in [-0.25, -0.2) is 4.79 Å². The molecule has 0 fully saturated rings. The lowest BCUT2D eigenvalue weighted by Gasteiger charge is -2.17. The van der Waals surface area contributed by atoms with Crippen molar-refractivity contribution in [1.29, 1.82) is 0 Å². The molecule has 1 rings (SSSR count). The number of benzene rings is 1. The summed E-state index contributed by atoms with van der Waals surface area (Å²) in [5.41, 5.74) is -1.39. The van der Waals surface area contributed by atoms with Crippen LogP contribution in [-0.2, 0) is 26.7 Å². The first-order valence-electron chi connectivity index (χ1n) is 6.36. The molecule has 5 nitrogen and oxygen atoms in total. The molecular formula is C14H11F6NO4. The van der Waals surface area contributed by atoms with Gasteiger partial charge in [0.2, 0.25) is 0 Å². The van der Waals surface area contributed by atoms with Crippen molar-refractivity contribution >= 4 is 23.7 Å². The van der Waals surface area contributed by atoms with Crippen molar-refractivity contribution < 1.29 is 45.8 Å². The van der Waals surface area contributed by atoms with Crippen LogP contribution < -0.4 is 5.73 Å². The van der Waals surface area contributed by atoms with Crippen LogP contribution in [-0.4, -0.2) is 24.2 Å². The minimum absolute atomic E-state index is 0.287. The van der Waals surface area contributed by atoms with Gasteiger partial charge in [0.15, 0.2) is 0 Å². The third kappa shape index (κ3) is 5.13. The summed E-state index contributed by atoms with van der Waals surface area (Å²) in [6, 6.07) is 0.574. The molecule has 0 aliphatic heterocycles. The summed E-state index contributed by atoms with van der Waals surface area (Å²) in [7, 11) is 0.878. The summed E-state index contributed by atoms with van der Waals surface area (Å²) in [6.45, 7) is 0. The van der Waals surface area contributed by atoms with E-state index in [1.54, 1.807) is 0 Å². The van der Waals surface area contributed by atoms with Crippen LogP contribution in [0.1, 0.15) is 23.1 Å². The van der Waals surface area contributed by atoms with Crippen molar-refractivity contribution in [3.8, 4) is 0 Å². The Bertz CT molecular complexity index is 686. The molecule has 0 aliphatic carbocycles. The normalized spacial score (nSPS) is 12.8. The van der Waals surface area contributed by atoms with Gasteiger partial charge in [0.1, 0.15) is 0 Å². The third-order valence-electron chi connectivity index (χ3n) is 2.94. The van der Waals surface area contributed by atoms with Crippen LogP contribution in [0.5, 0.6) is 0 Å². The number of hydrogen-bond donors (Lipinski definition) is 2. The largest absolute Gasteiger partial charge is 0.481 e. The molecule has 0 aliphatic rings. The number of carbonyl (C=O) groups excluding carboxylic acids is 1. The van der Waals surface area contributed by atoms with E-state index in [2.05, 4.69) is 4.74 Å². The standard InChI is InChI=1S/C14H11F6NO4/c1-25-12(24)7(5-10(22)23)2-6-3-8(13(15,16)17)11(21)9(4-6)14(18,19)20/h2-4H,5,21H2,1H3,(H,22,23)/b7-2+. The number of alkyl halides is 6. The van der Waals surface area contributed by atoms with E-state index in [-0.39, 0.29) is 12.1 Å². The number of aliphatic carboxylic acids is 1. The van der Waals surface area contributed by atoms with E-state index in [0.29, 0.717) is 6.08 Å². The van der Waals surface area contributed by atoms with Crippen LogP contribution >= 0.6 is 0 Å². The average Bonchev–Trinajstić information content (AvgIpc) is 2.44. The number of carboxylic acid groups (broad SMARTS) is 1. The van der Waals surface area contributed by atoms with Crippen molar-refractivity contribution in [2.75, 3.05) is 12.8 Å². The Kier molecular flexibility index (Phi) is 5.72. The average molecular weight is 371 g/mol. The summed E-state index contributed by atoms with van der Waals surface area (Å²) in [6.07, 6.45) is -10.8. The van der Waals surface area contributed by atoms with Crippen LogP contribution in [0.3, 0.4) is 0 Å². The second-order valence-electron chi connectivity index (χ2n) is 4.76. The van der Waals surface area contributed by atoms with E-state index >= 15 is 0 Å². The molecule has 0 heterocycles. The Labute approximate surface area is 136 Å². The summed E-state index contributed by atoms with van der Waals surface area (Å²) in [5, 5.41) is 8.69. The molecule has 11 heteroatoms. The molecule has 1 aromatic carbocycles. The Morgan fingerprint density at radius 3 is 1.88 bits per heavy atom. The highest BCUT2D eigenvalue weighted by atomic mass is 19.4. The first-order chi connectivity index (χ1) is 11.3. The first kappa shape index (κ1) is 20.3. The number of ether oxygens (including phenoxy) is 1. The maximum absolute atomic E-state index is 12.9. The van der Waals surface area contributed by atoms with Gasteiger partial charge in [-0.05, 0) is 23.8 Å². The van der Waals surface area contributed by atoms with E-state index in [4.69, 9.17) is 10.8 Å². The molecule has 25 heavy (non-hydrogen) atoms. The number of methoxy groups -OCH3 is 1. The van der Waals surface area contributed by atoms with E-state index in [1.807, 2.05) is 0 Å². The smallest absolute Gasteiger partial charge is 0.418 e. The number of carbonyl (C=O) groups is 2. The molecule has 0 aromatic heterocycles. The second-order valence-corrected chi connectivity index (χ2v) is 4.76. The first-order valence-corrected chi connectivity index (χ1v) is 6.36. The molecular weight excluding hydrogens is 360 g/mol. The zero-order valence-corrected chi connectivity index (χ0v) is 12.5. The molecule has 0 atom stereocenters. The minimum Gasteiger partial charge on any atom is -0.481 e. The molecule has 0 radical (unpaired) electrons. The number of esters is 1. The fourth-order valence-corrected chi connectivity index (χ4v) is 1.91. The van der Waals surface area contributed by atoms with Crippen molar-refractivity contribution in [2.45, 2.75) is 18.8 Å². The number of halogens is 6. The monoisotopic (exact) mass is 371 g/mol. The van der Waals surface area contributed by atoms with Crippen LogP contribution in [0, 0.1) is 0 Å². The van der Waals surface area contributed by atoms with Gasteiger partial charge < -0.3 is 15.6 Å². The van der Waals surface area contributed by atoms with E-state index in [9.17, 15) is 35.9 Å². The molecule has 0 saturated carbocycles. The highest BCUT2D eigenvalue weighted by Gasteiger charge is 2.40. The van der Waals surface area contributed by atoms with Crippen LogP contribution in [0.25, 0.3) is 6.08 Å². The minimum atomic E-state index is -5.19. The van der Waals surface area contributed by atoms with Gasteiger partial charge in [-0.15, -0.1) is 0 Å². The number of nitrogens with two attached hydrogens (primary N) is 1. The fourth-order valence-electron chi connectivity index (χ4n) is 1.91. The lowest BCUT2D eigenvalue weighted by molar-refractivity contribution is -0.142. The van der Waals surface area contributed by atoms with Gasteiger partial charge >= 0.3 is 24.3 Å². The Morgan fingerprint density at radius 2 is 1.56 bits per heavy atom. The molecule has 3 N–H and O–H groups in total. The van der Waals surface area contributed by atoms with E-state index in [0.717, 1.165) is 7.11 Å². The van der Waals surface area contributed by atoms with E-state index < -0.39 is 58.7 Å². The van der Waals surface area contributed by atoms with Gasteiger partial charge in [-0.2, -0.15) is 26.3 Å². The summed E-state index contributed by atoms with van der Waals surface area (Å²) >= 11 is 0. The Balaban J connectivity index is 3.66. The molecule has 1 aromatic rings. The maximum Gasteiger partial charge on any atom is 0.418 e. The molecule has 0 bridgehead atoms. The maximum atomic E-state index is 12.9. The van der Waals surface area contributed by atoms with E-state index in [1.165, 1.54) is 0 Å². The summed E-state index contributed by atoms with van der Waals surface area (Å²) < 4.78 is 81.8. The van der Waals surface area contributed by atoms with Crippen LogP contribution in [0.4, 0.5) is 32.0 Å². The van der Waals surface area contributed by atoms with Gasteiger partial charge in [-0.1, -0.05) is 0 Å². The van der Waals surface area contributed by atoms with Gasteiger partial charge in [0, 0.05) is 5.57 Å². The molecule has 0 spiro atoms. The fraction of sp³-hybridized carbons (Fsp3) is 0.286. The van der Waals surface area contributed by atoms with Gasteiger partial charge in [-0.3, -0.25) is 4.79 Å². The lowest BCUT2D eigenvalue weighted by atomic mass is 9.99. The number of nitrogen functional groups attached to an aromatic ring is 1. The number of hydrogen-bond acceptors (Lipinski definition) is 4. The second kappa shape index (κ2) is 7.03. The lowest BCUT2D eigenvalue weighted by Crippen LogP contribution is -2.16. The van der Waals surface area contributed by atoms with Crippen molar-refractivity contribution in [1.82, 2.24) is 0 Å². The highest BCUT2D eigenvalue weighted by molar-refractivity contribution is 5.98. The zero-order chi connectivity index (χ0) is 19.6. The van der Waals surface area contributed by atoms with Crippen molar-refractivity contribution in [2.24, 2.45) is 0 Å². The number of anilines is 1. The summed E-state index contributed by atoms with van der Waals surface area (Å²) in [5.74, 6) is -2.74. The molecule has 138 valence electrons. The predicted molar refractivity (Wildman–Crippen MR) is 73.1 cm³/mol. The van der Waals surface area contributed by atoms with Crippen molar-refractivity contribution in [3.05, 3.63) is 34.4 Å². The van der Waals surface area contributed by atoms with Crippen LogP contribution in [0.2, 0.25) is 0 Å². The Morgan fingerprint density at radius 1 is 1.12 bits per heavy atom. The summed E-state index contributed by atoms with van der Waals surface area (Å²) in [4.78, 5) is 22.2. The quantitative estimate of drug-likeness (QED) is 0.367. The highest BCUT2D eigenvalue weighted by Crippen LogP contribution is 2.42. The SMILES string of the molecule is COC(=O)/C(=C/c1cc(C(F)(F)F)c(N)c(C(F)(F)F)c1)CC(=O)O. The van der Waals surface area contributed by atoms with Crippen LogP contribution in [0.15, 0.2) is 17.7 Å². The molecule has 0 unspecified atom stereocenters. The topological polar surface area (TPSA) is 89.6 Å². The molecule has 0 amide bonds. The van der Waals surface area contributed by atoms with Gasteiger partial charge in [0.25, 0.3) is 0 Å². The predicted octanol–water partition coefficient (Wildman–Crippen LogP) is 3.34. The number of carboxylic acids is 1. The zero-order valence-electron chi connectivity index (χ0n) is 12.5. The van der Waals surface area contributed by atoms with Gasteiger partial charge in [0.05, 0.1) is 30.3 Å². The van der Waals surface area contributed by atoms with Crippen molar-refractivity contribution in [3.63, 3.8) is 0 Å². The number of rotatable bonds is 4. The Hall–Kier alpha value is -2.72.